The number of nitrogens with one attached hydrogen (secondary N) is 1. The molecule has 0 saturated carbocycles. The van der Waals surface area contributed by atoms with Crippen LogP contribution in [0.25, 0.3) is 0 Å². The minimum atomic E-state index is -0.337. The fourth-order valence-corrected chi connectivity index (χ4v) is 1.19. The fraction of sp³-hybridized carbons (Fsp3) is 0.111. The lowest BCUT2D eigenvalue weighted by Gasteiger charge is -2.05. The van der Waals surface area contributed by atoms with Crippen LogP contribution < -0.4 is 11.1 Å². The predicted octanol–water partition coefficient (Wildman–Crippen LogP) is 0.0446. The number of aryl methyl sites for hydroxylation is 1. The number of amides is 1. The highest BCUT2D eigenvalue weighted by Crippen LogP contribution is 2.10. The van der Waals surface area contributed by atoms with E-state index >= 15 is 0 Å². The molecule has 2 heterocycles. The molecule has 0 aliphatic rings. The van der Waals surface area contributed by atoms with Crippen LogP contribution in [0.4, 0.5) is 11.6 Å². The van der Waals surface area contributed by atoms with Crippen molar-refractivity contribution in [2.45, 2.75) is 0 Å². The molecule has 7 nitrogen and oxygen atoms in total. The van der Waals surface area contributed by atoms with E-state index in [2.05, 4.69) is 20.4 Å². The van der Waals surface area contributed by atoms with Crippen LogP contribution >= 0.6 is 0 Å². The van der Waals surface area contributed by atoms with Crippen molar-refractivity contribution in [2.24, 2.45) is 7.05 Å². The topological polar surface area (TPSA) is 98.7 Å². The number of carbonyl (C=O) groups is 1. The summed E-state index contributed by atoms with van der Waals surface area (Å²) in [5.74, 6) is 0.0252. The van der Waals surface area contributed by atoms with Gasteiger partial charge in [0.15, 0.2) is 0 Å². The van der Waals surface area contributed by atoms with Gasteiger partial charge in [0.05, 0.1) is 17.4 Å². The molecular weight excluding hydrogens is 208 g/mol. The molecule has 3 N–H and O–H groups in total. The third-order valence-corrected chi connectivity index (χ3v) is 2.03. The van der Waals surface area contributed by atoms with Crippen molar-refractivity contribution >= 4 is 17.5 Å². The maximum atomic E-state index is 11.8. The van der Waals surface area contributed by atoms with Gasteiger partial charge in [-0.05, 0) is 6.07 Å². The fourth-order valence-electron chi connectivity index (χ4n) is 1.19. The monoisotopic (exact) mass is 218 g/mol. The Balaban J connectivity index is 2.22. The molecule has 0 aliphatic carbocycles. The molecule has 1 amide bonds. The summed E-state index contributed by atoms with van der Waals surface area (Å²) in [6.07, 6.45) is 4.28. The Bertz CT molecular complexity index is 520. The van der Waals surface area contributed by atoms with Gasteiger partial charge in [0.2, 0.25) is 5.95 Å². The molecule has 0 spiro atoms. The second-order valence-electron chi connectivity index (χ2n) is 3.12. The summed E-state index contributed by atoms with van der Waals surface area (Å²) in [6, 6.07) is 1.54. The molecule has 2 aromatic heterocycles. The van der Waals surface area contributed by atoms with Crippen molar-refractivity contribution in [3.8, 4) is 0 Å². The summed E-state index contributed by atoms with van der Waals surface area (Å²) in [6.45, 7) is 0. The first-order valence-electron chi connectivity index (χ1n) is 4.53. The van der Waals surface area contributed by atoms with Gasteiger partial charge >= 0.3 is 0 Å². The molecule has 2 aromatic rings. The second-order valence-corrected chi connectivity index (χ2v) is 3.12. The number of rotatable bonds is 2. The molecule has 0 aliphatic heterocycles. The lowest BCUT2D eigenvalue weighted by molar-refractivity contribution is 0.102. The van der Waals surface area contributed by atoms with E-state index in [1.807, 2.05) is 0 Å². The zero-order valence-corrected chi connectivity index (χ0v) is 8.58. The van der Waals surface area contributed by atoms with Crippen molar-refractivity contribution in [1.82, 2.24) is 19.7 Å². The molecule has 7 heteroatoms. The summed E-state index contributed by atoms with van der Waals surface area (Å²) < 4.78 is 1.45. The quantitative estimate of drug-likeness (QED) is 0.741. The Morgan fingerprint density at radius 1 is 1.56 bits per heavy atom. The first kappa shape index (κ1) is 10.1. The van der Waals surface area contributed by atoms with Gasteiger partial charge in [0.25, 0.3) is 5.91 Å². The second kappa shape index (κ2) is 3.97. The van der Waals surface area contributed by atoms with Crippen molar-refractivity contribution in [3.63, 3.8) is 0 Å². The summed E-state index contributed by atoms with van der Waals surface area (Å²) >= 11 is 0. The van der Waals surface area contributed by atoms with E-state index in [0.717, 1.165) is 0 Å². The minimum Gasteiger partial charge on any atom is -0.397 e. The van der Waals surface area contributed by atoms with Crippen LogP contribution in [0.3, 0.4) is 0 Å². The first-order valence-corrected chi connectivity index (χ1v) is 4.53. The lowest BCUT2D eigenvalue weighted by Crippen LogP contribution is -2.17. The number of hydrogen-bond donors (Lipinski definition) is 2. The van der Waals surface area contributed by atoms with E-state index in [4.69, 9.17) is 5.73 Å². The smallest absolute Gasteiger partial charge is 0.260 e. The van der Waals surface area contributed by atoms with E-state index in [-0.39, 0.29) is 5.91 Å². The first-order chi connectivity index (χ1) is 7.68. The molecule has 0 saturated heterocycles. The number of carbonyl (C=O) groups excluding carboxylic acids is 1. The van der Waals surface area contributed by atoms with E-state index in [9.17, 15) is 4.79 Å². The normalized spacial score (nSPS) is 10.1. The Kier molecular flexibility index (Phi) is 2.50. The van der Waals surface area contributed by atoms with Crippen molar-refractivity contribution in [1.29, 1.82) is 0 Å². The van der Waals surface area contributed by atoms with Gasteiger partial charge in [-0.3, -0.25) is 15.1 Å². The Hall–Kier alpha value is -2.44. The van der Waals surface area contributed by atoms with E-state index in [1.165, 1.54) is 23.4 Å². The van der Waals surface area contributed by atoms with Crippen LogP contribution in [0.5, 0.6) is 0 Å². The molecule has 0 unspecified atom stereocenters. The standard InChI is InChI=1S/C9H10N6O/c1-15-9(12-5-13-15)14-8(16)6-2-3-11-4-7(6)10/h2-5H,10H2,1H3,(H,12,13,14,16). The van der Waals surface area contributed by atoms with Crippen LogP contribution in [0, 0.1) is 0 Å². The predicted molar refractivity (Wildman–Crippen MR) is 57.6 cm³/mol. The van der Waals surface area contributed by atoms with E-state index in [1.54, 1.807) is 13.1 Å². The molecule has 16 heavy (non-hydrogen) atoms. The maximum absolute atomic E-state index is 11.8. The molecule has 0 aromatic carbocycles. The van der Waals surface area contributed by atoms with Gasteiger partial charge in [-0.25, -0.2) is 4.68 Å². The third kappa shape index (κ3) is 1.83. The van der Waals surface area contributed by atoms with Crippen LogP contribution in [0.2, 0.25) is 0 Å². The number of nitrogen functional groups attached to an aromatic ring is 1. The van der Waals surface area contributed by atoms with Crippen LogP contribution in [0.15, 0.2) is 24.8 Å². The maximum Gasteiger partial charge on any atom is 0.260 e. The lowest BCUT2D eigenvalue weighted by atomic mass is 10.2. The summed E-state index contributed by atoms with van der Waals surface area (Å²) in [4.78, 5) is 19.5. The Labute approximate surface area is 91.3 Å². The van der Waals surface area contributed by atoms with Gasteiger partial charge in [-0.15, -0.1) is 0 Å². The van der Waals surface area contributed by atoms with Crippen LogP contribution in [0.1, 0.15) is 10.4 Å². The number of aromatic nitrogens is 4. The molecule has 0 radical (unpaired) electrons. The Morgan fingerprint density at radius 3 is 3.00 bits per heavy atom. The third-order valence-electron chi connectivity index (χ3n) is 2.03. The summed E-state index contributed by atoms with van der Waals surface area (Å²) in [7, 11) is 1.68. The molecule has 0 atom stereocenters. The van der Waals surface area contributed by atoms with Gasteiger partial charge in [0, 0.05) is 13.2 Å². The zero-order valence-electron chi connectivity index (χ0n) is 8.58. The van der Waals surface area contributed by atoms with Crippen LogP contribution in [-0.2, 0) is 7.05 Å². The van der Waals surface area contributed by atoms with Gasteiger partial charge in [-0.2, -0.15) is 10.1 Å². The number of nitrogens with two attached hydrogens (primary N) is 1. The highest BCUT2D eigenvalue weighted by molar-refractivity contribution is 6.06. The highest BCUT2D eigenvalue weighted by Gasteiger charge is 2.11. The molecule has 0 fully saturated rings. The van der Waals surface area contributed by atoms with E-state index in [0.29, 0.717) is 17.2 Å². The minimum absolute atomic E-state index is 0.321. The van der Waals surface area contributed by atoms with Gasteiger partial charge < -0.3 is 5.73 Å². The molecule has 2 rings (SSSR count). The number of pyridine rings is 1. The number of hydrogen-bond acceptors (Lipinski definition) is 5. The molecule has 82 valence electrons. The summed E-state index contributed by atoms with van der Waals surface area (Å²) in [5, 5.41) is 6.42. The average Bonchev–Trinajstić information content (AvgIpc) is 2.65. The number of nitrogens with zero attached hydrogens (tertiary/aromatic N) is 4. The van der Waals surface area contributed by atoms with Gasteiger partial charge in [0.1, 0.15) is 6.33 Å². The van der Waals surface area contributed by atoms with Gasteiger partial charge in [-0.1, -0.05) is 0 Å². The van der Waals surface area contributed by atoms with Crippen molar-refractivity contribution < 1.29 is 4.79 Å². The molecular formula is C9H10N6O. The largest absolute Gasteiger partial charge is 0.397 e. The average molecular weight is 218 g/mol. The van der Waals surface area contributed by atoms with Crippen LogP contribution in [-0.4, -0.2) is 25.7 Å². The van der Waals surface area contributed by atoms with E-state index < -0.39 is 0 Å². The SMILES string of the molecule is Cn1ncnc1NC(=O)c1ccncc1N. The zero-order chi connectivity index (χ0) is 11.5. The number of anilines is 2. The van der Waals surface area contributed by atoms with Crippen molar-refractivity contribution in [3.05, 3.63) is 30.4 Å². The Morgan fingerprint density at radius 2 is 2.38 bits per heavy atom. The highest BCUT2D eigenvalue weighted by atomic mass is 16.1. The molecule has 0 bridgehead atoms. The summed E-state index contributed by atoms with van der Waals surface area (Å²) in [5.41, 5.74) is 6.30. The van der Waals surface area contributed by atoms with Crippen molar-refractivity contribution in [2.75, 3.05) is 11.1 Å².